The molecule has 7 heteroatoms. The molecular formula is C26H20BrN3O3. The average molecular weight is 502 g/mol. The van der Waals surface area contributed by atoms with Crippen molar-refractivity contribution < 1.29 is 14.3 Å². The molecular weight excluding hydrogens is 482 g/mol. The first-order valence-corrected chi connectivity index (χ1v) is 11.5. The molecule has 2 aliphatic rings. The number of aromatic amines is 1. The van der Waals surface area contributed by atoms with Crippen LogP contribution in [0.15, 0.2) is 71.2 Å². The molecule has 1 aromatic heterocycles. The van der Waals surface area contributed by atoms with Crippen LogP contribution in [0.1, 0.15) is 38.8 Å². The molecule has 1 unspecified atom stereocenters. The van der Waals surface area contributed by atoms with Gasteiger partial charge < -0.3 is 14.4 Å². The molecule has 3 aromatic carbocycles. The minimum atomic E-state index is -0.263. The normalized spacial score (nSPS) is 16.4. The number of benzene rings is 3. The molecule has 1 amide bonds. The Morgan fingerprint density at radius 3 is 2.58 bits per heavy atom. The van der Waals surface area contributed by atoms with Gasteiger partial charge in [0.2, 0.25) is 6.79 Å². The number of carbonyl (C=O) groups excluding carboxylic acids is 1. The number of rotatable bonds is 4. The van der Waals surface area contributed by atoms with Gasteiger partial charge in [-0.2, -0.15) is 5.10 Å². The molecule has 0 spiro atoms. The summed E-state index contributed by atoms with van der Waals surface area (Å²) in [7, 11) is 0. The largest absolute Gasteiger partial charge is 0.454 e. The molecule has 0 fully saturated rings. The van der Waals surface area contributed by atoms with Gasteiger partial charge in [-0.25, -0.2) is 0 Å². The van der Waals surface area contributed by atoms with Crippen molar-refractivity contribution in [2.24, 2.45) is 0 Å². The molecule has 0 radical (unpaired) electrons. The first-order valence-electron chi connectivity index (χ1n) is 10.7. The number of halogens is 1. The Balaban J connectivity index is 1.45. The third-order valence-electron chi connectivity index (χ3n) is 6.16. The molecule has 164 valence electrons. The van der Waals surface area contributed by atoms with Gasteiger partial charge in [0, 0.05) is 22.1 Å². The predicted octanol–water partition coefficient (Wildman–Crippen LogP) is 5.62. The average Bonchev–Trinajstić information content (AvgIpc) is 3.52. The Morgan fingerprint density at radius 2 is 1.79 bits per heavy atom. The standard InChI is InChI=1S/C26H20BrN3O3/c1-15-2-5-17(6-3-15)23-22-24(29-28-23)26(31)30(25(22)18-7-9-19(27)10-8-18)13-16-4-11-20-21(12-16)33-14-32-20/h2-12,25H,13-14H2,1H3,(H,28,29). The number of ether oxygens (including phenoxy) is 2. The molecule has 3 heterocycles. The van der Waals surface area contributed by atoms with E-state index in [9.17, 15) is 4.79 Å². The zero-order valence-electron chi connectivity index (χ0n) is 17.8. The highest BCUT2D eigenvalue weighted by Crippen LogP contribution is 2.44. The van der Waals surface area contributed by atoms with E-state index >= 15 is 0 Å². The molecule has 1 atom stereocenters. The lowest BCUT2D eigenvalue weighted by atomic mass is 9.95. The monoisotopic (exact) mass is 501 g/mol. The summed E-state index contributed by atoms with van der Waals surface area (Å²) >= 11 is 3.52. The van der Waals surface area contributed by atoms with Crippen molar-refractivity contribution in [3.8, 4) is 22.8 Å². The van der Waals surface area contributed by atoms with Crippen LogP contribution in [0.2, 0.25) is 0 Å². The number of nitrogens with zero attached hydrogens (tertiary/aromatic N) is 2. The van der Waals surface area contributed by atoms with Crippen LogP contribution >= 0.6 is 15.9 Å². The van der Waals surface area contributed by atoms with Crippen LogP contribution in [-0.2, 0) is 6.54 Å². The second-order valence-electron chi connectivity index (χ2n) is 8.30. The summed E-state index contributed by atoms with van der Waals surface area (Å²) in [5, 5.41) is 7.57. The second-order valence-corrected chi connectivity index (χ2v) is 9.22. The molecule has 2 aliphatic heterocycles. The van der Waals surface area contributed by atoms with Gasteiger partial charge >= 0.3 is 0 Å². The summed E-state index contributed by atoms with van der Waals surface area (Å²) in [5.41, 5.74) is 6.42. The van der Waals surface area contributed by atoms with Gasteiger partial charge in [-0.1, -0.05) is 64.0 Å². The fourth-order valence-corrected chi connectivity index (χ4v) is 4.78. The molecule has 6 rings (SSSR count). The zero-order valence-corrected chi connectivity index (χ0v) is 19.4. The van der Waals surface area contributed by atoms with Crippen molar-refractivity contribution in [3.63, 3.8) is 0 Å². The predicted molar refractivity (Wildman–Crippen MR) is 127 cm³/mol. The summed E-state index contributed by atoms with van der Waals surface area (Å²) in [5.74, 6) is 1.37. The van der Waals surface area contributed by atoms with Crippen molar-refractivity contribution in [3.05, 3.63) is 99.2 Å². The van der Waals surface area contributed by atoms with Crippen molar-refractivity contribution in [1.82, 2.24) is 15.1 Å². The number of fused-ring (bicyclic) bond motifs is 2. The van der Waals surface area contributed by atoms with Crippen molar-refractivity contribution >= 4 is 21.8 Å². The lowest BCUT2D eigenvalue weighted by Gasteiger charge is -2.26. The third kappa shape index (κ3) is 3.40. The first-order chi connectivity index (χ1) is 16.1. The highest BCUT2D eigenvalue weighted by Gasteiger charge is 2.42. The number of hydrogen-bond donors (Lipinski definition) is 1. The maximum absolute atomic E-state index is 13.6. The molecule has 4 aromatic rings. The molecule has 0 saturated carbocycles. The van der Waals surface area contributed by atoms with Gasteiger partial charge in [-0.15, -0.1) is 0 Å². The Bertz CT molecular complexity index is 1360. The fraction of sp³-hybridized carbons (Fsp3) is 0.154. The van der Waals surface area contributed by atoms with Crippen LogP contribution in [0.25, 0.3) is 11.3 Å². The van der Waals surface area contributed by atoms with Gasteiger partial charge in [0.25, 0.3) is 5.91 Å². The summed E-state index contributed by atoms with van der Waals surface area (Å²) in [6, 6.07) is 21.9. The van der Waals surface area contributed by atoms with Crippen molar-refractivity contribution in [2.45, 2.75) is 19.5 Å². The lowest BCUT2D eigenvalue weighted by molar-refractivity contribution is 0.0730. The number of hydrogen-bond acceptors (Lipinski definition) is 4. The van der Waals surface area contributed by atoms with Gasteiger partial charge in [0.1, 0.15) is 5.69 Å². The maximum Gasteiger partial charge on any atom is 0.273 e. The van der Waals surface area contributed by atoms with Gasteiger partial charge in [-0.05, 0) is 42.3 Å². The number of aromatic nitrogens is 2. The van der Waals surface area contributed by atoms with E-state index in [1.54, 1.807) is 0 Å². The molecule has 1 N–H and O–H groups in total. The highest BCUT2D eigenvalue weighted by atomic mass is 79.9. The van der Waals surface area contributed by atoms with E-state index in [0.717, 1.165) is 38.2 Å². The Morgan fingerprint density at radius 1 is 1.03 bits per heavy atom. The Kier molecular flexibility index (Phi) is 4.73. The Hall–Kier alpha value is -3.58. The van der Waals surface area contributed by atoms with E-state index in [0.29, 0.717) is 18.0 Å². The van der Waals surface area contributed by atoms with Crippen LogP contribution < -0.4 is 9.47 Å². The summed E-state index contributed by atoms with van der Waals surface area (Å²) in [6.45, 7) is 2.71. The molecule has 0 aliphatic carbocycles. The van der Waals surface area contributed by atoms with Crippen molar-refractivity contribution in [1.29, 1.82) is 0 Å². The number of nitrogens with one attached hydrogen (secondary N) is 1. The first kappa shape index (κ1) is 20.1. The minimum absolute atomic E-state index is 0.0681. The molecule has 6 nitrogen and oxygen atoms in total. The molecule has 0 bridgehead atoms. The minimum Gasteiger partial charge on any atom is -0.454 e. The number of H-pyrrole nitrogens is 1. The topological polar surface area (TPSA) is 67.5 Å². The van der Waals surface area contributed by atoms with Crippen LogP contribution in [0.5, 0.6) is 11.5 Å². The fourth-order valence-electron chi connectivity index (χ4n) is 4.52. The molecule has 0 saturated heterocycles. The van der Waals surface area contributed by atoms with E-state index < -0.39 is 0 Å². The third-order valence-corrected chi connectivity index (χ3v) is 6.69. The highest BCUT2D eigenvalue weighted by molar-refractivity contribution is 9.10. The van der Waals surface area contributed by atoms with E-state index in [4.69, 9.17) is 9.47 Å². The quantitative estimate of drug-likeness (QED) is 0.393. The van der Waals surface area contributed by atoms with Gasteiger partial charge in [0.05, 0.1) is 11.7 Å². The number of carbonyl (C=O) groups is 1. The SMILES string of the molecule is Cc1ccc(-c2n[nH]c3c2C(c2ccc(Br)cc2)N(Cc2ccc4c(c2)OCO4)C3=O)cc1. The second kappa shape index (κ2) is 7.78. The smallest absolute Gasteiger partial charge is 0.273 e. The van der Waals surface area contributed by atoms with Crippen LogP contribution in [0.3, 0.4) is 0 Å². The van der Waals surface area contributed by atoms with E-state index in [1.807, 2.05) is 35.2 Å². The van der Waals surface area contributed by atoms with E-state index in [1.165, 1.54) is 5.56 Å². The summed E-state index contributed by atoms with van der Waals surface area (Å²) < 4.78 is 12.0. The zero-order chi connectivity index (χ0) is 22.5. The maximum atomic E-state index is 13.6. The van der Waals surface area contributed by atoms with Gasteiger partial charge in [0.15, 0.2) is 11.5 Å². The van der Waals surface area contributed by atoms with Crippen LogP contribution in [-0.4, -0.2) is 27.8 Å². The van der Waals surface area contributed by atoms with Crippen LogP contribution in [0, 0.1) is 6.92 Å². The summed E-state index contributed by atoms with van der Waals surface area (Å²) in [6.07, 6.45) is 0. The lowest BCUT2D eigenvalue weighted by Crippen LogP contribution is -2.29. The molecule has 33 heavy (non-hydrogen) atoms. The van der Waals surface area contributed by atoms with Gasteiger partial charge in [-0.3, -0.25) is 9.89 Å². The number of aryl methyl sites for hydroxylation is 1. The summed E-state index contributed by atoms with van der Waals surface area (Å²) in [4.78, 5) is 15.5. The van der Waals surface area contributed by atoms with Crippen LogP contribution in [0.4, 0.5) is 0 Å². The van der Waals surface area contributed by atoms with E-state index in [2.05, 4.69) is 69.4 Å². The number of amides is 1. The van der Waals surface area contributed by atoms with E-state index in [-0.39, 0.29) is 18.7 Å². The van der Waals surface area contributed by atoms with Crippen molar-refractivity contribution in [2.75, 3.05) is 6.79 Å². The Labute approximate surface area is 199 Å².